The zero-order chi connectivity index (χ0) is 43.2. The number of halogens is 24. The van der Waals surface area contributed by atoms with Crippen molar-refractivity contribution in [3.8, 4) is 0 Å². The highest BCUT2D eigenvalue weighted by atomic mass is 19.4. The fourth-order valence-corrected chi connectivity index (χ4v) is 3.82. The van der Waals surface area contributed by atoms with E-state index in [0.29, 0.717) is 6.10 Å². The smallest absolute Gasteiger partial charge is 0.388 e. The van der Waals surface area contributed by atoms with Crippen LogP contribution in [0.3, 0.4) is 0 Å². The van der Waals surface area contributed by atoms with E-state index < -0.39 is 123 Å². The van der Waals surface area contributed by atoms with E-state index in [1.54, 1.807) is 0 Å². The quantitative estimate of drug-likeness (QED) is 0.147. The molecule has 2 aliphatic rings. The highest BCUT2D eigenvalue weighted by molar-refractivity contribution is 5.09. The Morgan fingerprint density at radius 3 is 0.963 bits per heavy atom. The Labute approximate surface area is 283 Å². The summed E-state index contributed by atoms with van der Waals surface area (Å²) in [6.45, 7) is -6.19. The molecule has 2 rings (SSSR count). The van der Waals surface area contributed by atoms with Crippen LogP contribution in [0.25, 0.3) is 0 Å². The first kappa shape index (κ1) is 50.1. The maximum absolute atomic E-state index is 13.8. The predicted molar refractivity (Wildman–Crippen MR) is 120 cm³/mol. The van der Waals surface area contributed by atoms with Gasteiger partial charge in [-0.15, -0.1) is 0 Å². The van der Waals surface area contributed by atoms with E-state index in [-0.39, 0.29) is 0 Å². The van der Waals surface area contributed by atoms with E-state index in [2.05, 4.69) is 25.9 Å². The van der Waals surface area contributed by atoms with Crippen LogP contribution >= 0.6 is 0 Å². The second-order valence-corrected chi connectivity index (χ2v) is 11.4. The van der Waals surface area contributed by atoms with E-state index in [4.69, 9.17) is 9.84 Å². The van der Waals surface area contributed by atoms with E-state index in [9.17, 15) is 110 Å². The van der Waals surface area contributed by atoms with Crippen molar-refractivity contribution in [1.29, 1.82) is 0 Å². The van der Waals surface area contributed by atoms with Gasteiger partial charge in [-0.2, -0.15) is 105 Å². The summed E-state index contributed by atoms with van der Waals surface area (Å²) in [5.41, 5.74) is -27.4. The number of alkyl halides is 24. The zero-order valence-corrected chi connectivity index (χ0v) is 25.7. The molecule has 0 aliphatic carbocycles. The van der Waals surface area contributed by atoms with Crippen LogP contribution in [0.4, 0.5) is 105 Å². The van der Waals surface area contributed by atoms with Gasteiger partial charge in [0.1, 0.15) is 12.2 Å². The van der Waals surface area contributed by atoms with Crippen molar-refractivity contribution < 1.29 is 139 Å². The Morgan fingerprint density at radius 2 is 0.741 bits per heavy atom. The lowest BCUT2D eigenvalue weighted by molar-refractivity contribution is -0.438. The van der Waals surface area contributed by atoms with Gasteiger partial charge in [0.15, 0.2) is 0 Å². The van der Waals surface area contributed by atoms with Crippen LogP contribution in [-0.2, 0) is 23.7 Å². The number of hydrogen-bond donors (Lipinski definition) is 2. The molecule has 2 heterocycles. The molecular weight excluding hydrogens is 844 g/mol. The topological polar surface area (TPSA) is 93.2 Å². The molecule has 54 heavy (non-hydrogen) atoms. The molecule has 2 N–H and O–H groups in total. The summed E-state index contributed by atoms with van der Waals surface area (Å²) in [5.74, 6) is 0. The third-order valence-electron chi connectivity index (χ3n) is 7.15. The van der Waals surface area contributed by atoms with Crippen molar-refractivity contribution in [3.63, 3.8) is 0 Å². The molecule has 0 amide bonds. The molecule has 0 radical (unpaired) electrons. The summed E-state index contributed by atoms with van der Waals surface area (Å²) in [6.07, 6.45) is -74.2. The van der Waals surface area contributed by atoms with Gasteiger partial charge in [-0.25, -0.2) is 0 Å². The van der Waals surface area contributed by atoms with E-state index in [1.807, 2.05) is 0 Å². The Morgan fingerprint density at radius 1 is 0.481 bits per heavy atom. The molecule has 3 unspecified atom stereocenters. The Bertz CT molecular complexity index is 1150. The molecular formula is C23H22F24O7. The second kappa shape index (κ2) is 15.4. The van der Waals surface area contributed by atoms with Crippen LogP contribution in [0.15, 0.2) is 0 Å². The summed E-state index contributed by atoms with van der Waals surface area (Å²) in [7, 11) is 0. The Kier molecular flexibility index (Phi) is 14.3. The minimum absolute atomic E-state index is 0.583. The van der Waals surface area contributed by atoms with Crippen LogP contribution in [-0.4, -0.2) is 133 Å². The van der Waals surface area contributed by atoms with Gasteiger partial charge in [0.2, 0.25) is 0 Å². The fraction of sp³-hybridized carbons (Fsp3) is 1.00. The lowest BCUT2D eigenvalue weighted by Crippen LogP contribution is -2.70. The maximum Gasteiger partial charge on any atom is 0.426 e. The van der Waals surface area contributed by atoms with Gasteiger partial charge in [-0.1, -0.05) is 0 Å². The van der Waals surface area contributed by atoms with Crippen LogP contribution in [0.5, 0.6) is 0 Å². The van der Waals surface area contributed by atoms with Crippen molar-refractivity contribution >= 4 is 0 Å². The van der Waals surface area contributed by atoms with Crippen molar-refractivity contribution in [2.45, 2.75) is 110 Å². The molecule has 0 saturated carbocycles. The lowest BCUT2D eigenvalue weighted by atomic mass is 9.83. The zero-order valence-electron chi connectivity index (χ0n) is 25.7. The van der Waals surface area contributed by atoms with E-state index in [1.165, 1.54) is 0 Å². The summed E-state index contributed by atoms with van der Waals surface area (Å²) < 4.78 is 342. The van der Waals surface area contributed by atoms with Crippen LogP contribution in [0.1, 0.15) is 19.8 Å². The predicted octanol–water partition coefficient (Wildman–Crippen LogP) is 7.43. The number of aliphatic hydroxyl groups is 2. The summed E-state index contributed by atoms with van der Waals surface area (Å²) in [6, 6.07) is 0. The molecule has 324 valence electrons. The molecule has 2 fully saturated rings. The SMILES string of the molecule is CC1CO1.OC(COC(CC(O)(C(F)(F)F)C(F)(F)F)(C(F)(F)F)C(F)(F)F)COC(CC(OCC1CO1)(C(F)(F)F)C(F)(F)F)(C(F)(F)F)C(F)(F)F. The van der Waals surface area contributed by atoms with Gasteiger partial charge >= 0.3 is 49.4 Å². The summed E-state index contributed by atoms with van der Waals surface area (Å²) in [4.78, 5) is 0. The largest absolute Gasteiger partial charge is 0.426 e. The van der Waals surface area contributed by atoms with Crippen LogP contribution in [0, 0.1) is 0 Å². The number of hydrogen-bond acceptors (Lipinski definition) is 7. The summed E-state index contributed by atoms with van der Waals surface area (Å²) >= 11 is 0. The number of aliphatic hydroxyl groups excluding tert-OH is 1. The van der Waals surface area contributed by atoms with E-state index >= 15 is 0 Å². The Balaban J connectivity index is 0.00000340. The van der Waals surface area contributed by atoms with Gasteiger partial charge in [-0.05, 0) is 6.92 Å². The number of ether oxygens (including phenoxy) is 5. The van der Waals surface area contributed by atoms with Crippen molar-refractivity contribution in [2.75, 3.05) is 33.0 Å². The van der Waals surface area contributed by atoms with Gasteiger partial charge in [0.25, 0.3) is 22.4 Å². The molecule has 7 nitrogen and oxygen atoms in total. The highest BCUT2D eigenvalue weighted by Crippen LogP contribution is 2.59. The first-order valence-corrected chi connectivity index (χ1v) is 13.6. The molecule has 0 spiro atoms. The van der Waals surface area contributed by atoms with Crippen LogP contribution < -0.4 is 0 Å². The average Bonchev–Trinajstić information content (AvgIpc) is 3.83. The Hall–Kier alpha value is -1.96. The molecule has 3 atom stereocenters. The monoisotopic (exact) mass is 866 g/mol. The van der Waals surface area contributed by atoms with Gasteiger partial charge < -0.3 is 33.9 Å². The number of epoxide rings is 2. The van der Waals surface area contributed by atoms with E-state index in [0.717, 1.165) is 6.61 Å². The molecule has 0 aromatic heterocycles. The fourth-order valence-electron chi connectivity index (χ4n) is 3.82. The van der Waals surface area contributed by atoms with Gasteiger partial charge in [-0.3, -0.25) is 0 Å². The van der Waals surface area contributed by atoms with Gasteiger partial charge in [0, 0.05) is 12.8 Å². The van der Waals surface area contributed by atoms with Crippen molar-refractivity contribution in [2.24, 2.45) is 0 Å². The van der Waals surface area contributed by atoms with Crippen LogP contribution in [0.2, 0.25) is 0 Å². The molecule has 0 aromatic carbocycles. The minimum atomic E-state index is -7.60. The standard InChI is InChI=1S/C20H16F24O6.C3H6O/c21-13(22,23)9(46,14(24,25)26)5-10(15(27,28)29,16(30,31)32)48-1-7(45)2-49-11(17(33,34)35,18(36,37)38)6-12(19(39,40)41,20(42,43)44)50-4-8-3-47-8;1-3-2-4-3/h7-8,45-46H,1-6H2;3H,2H2,1H3. The molecule has 31 heteroatoms. The first-order chi connectivity index (χ1) is 23.5. The van der Waals surface area contributed by atoms with Crippen molar-refractivity contribution in [3.05, 3.63) is 0 Å². The second-order valence-electron chi connectivity index (χ2n) is 11.4. The lowest BCUT2D eigenvalue weighted by Gasteiger charge is -2.45. The van der Waals surface area contributed by atoms with Gasteiger partial charge in [0.05, 0.1) is 39.1 Å². The minimum Gasteiger partial charge on any atom is -0.388 e. The first-order valence-electron chi connectivity index (χ1n) is 13.6. The third kappa shape index (κ3) is 10.7. The molecule has 0 aromatic rings. The molecule has 2 saturated heterocycles. The molecule has 2 aliphatic heterocycles. The van der Waals surface area contributed by atoms with Crippen molar-refractivity contribution in [1.82, 2.24) is 0 Å². The third-order valence-corrected chi connectivity index (χ3v) is 7.15. The molecule has 0 bridgehead atoms. The highest BCUT2D eigenvalue weighted by Gasteiger charge is 2.84. The average molecular weight is 866 g/mol. The number of rotatable bonds is 13. The summed E-state index contributed by atoms with van der Waals surface area (Å²) in [5, 5.41) is 18.5. The maximum atomic E-state index is 13.8. The normalized spacial score (nSPS) is 20.7.